The van der Waals surface area contributed by atoms with Crippen LogP contribution in [0, 0.1) is 0 Å². The number of hydrogen-bond acceptors (Lipinski definition) is 4. The van der Waals surface area contributed by atoms with Gasteiger partial charge in [-0.2, -0.15) is 0 Å². The van der Waals surface area contributed by atoms with Crippen molar-refractivity contribution in [3.05, 3.63) is 231 Å². The van der Waals surface area contributed by atoms with E-state index in [9.17, 15) is 0 Å². The van der Waals surface area contributed by atoms with E-state index in [1.165, 1.54) is 0 Å². The molecule has 0 radical (unpaired) electrons. The number of furan rings is 2. The summed E-state index contributed by atoms with van der Waals surface area (Å²) in [7, 11) is 0. The van der Waals surface area contributed by atoms with Crippen molar-refractivity contribution < 1.29 is 8.83 Å². The highest BCUT2D eigenvalue weighted by molar-refractivity contribution is 6.19. The van der Waals surface area contributed by atoms with Crippen LogP contribution in [0.25, 0.3) is 76.9 Å². The van der Waals surface area contributed by atoms with Gasteiger partial charge in [-0.05, 0) is 107 Å². The molecule has 0 aliphatic carbocycles. The summed E-state index contributed by atoms with van der Waals surface area (Å²) in [5.41, 5.74) is 14.2. The van der Waals surface area contributed by atoms with E-state index < -0.39 is 0 Å². The van der Waals surface area contributed by atoms with E-state index in [1.54, 1.807) is 0 Å². The van der Waals surface area contributed by atoms with Crippen molar-refractivity contribution in [1.29, 1.82) is 0 Å². The molecular formula is C58H38N2O2. The van der Waals surface area contributed by atoms with Gasteiger partial charge in [0.1, 0.15) is 22.3 Å². The molecule has 292 valence electrons. The first kappa shape index (κ1) is 35.6. The Morgan fingerprint density at radius 1 is 0.258 bits per heavy atom. The average molecular weight is 795 g/mol. The van der Waals surface area contributed by atoms with E-state index in [2.05, 4.69) is 228 Å². The van der Waals surface area contributed by atoms with E-state index in [4.69, 9.17) is 8.83 Å². The molecule has 0 N–H and O–H groups in total. The normalized spacial score (nSPS) is 11.5. The lowest BCUT2D eigenvalue weighted by atomic mass is 9.89. The molecule has 62 heavy (non-hydrogen) atoms. The van der Waals surface area contributed by atoms with Gasteiger partial charge in [-0.25, -0.2) is 0 Å². The number of rotatable bonds is 8. The van der Waals surface area contributed by atoms with E-state index in [-0.39, 0.29) is 0 Å². The molecular weight excluding hydrogens is 757 g/mol. The van der Waals surface area contributed by atoms with Crippen molar-refractivity contribution in [2.24, 2.45) is 0 Å². The van der Waals surface area contributed by atoms with Crippen LogP contribution in [0.3, 0.4) is 0 Å². The Hall–Kier alpha value is -8.34. The lowest BCUT2D eigenvalue weighted by molar-refractivity contribution is 0.668. The lowest BCUT2D eigenvalue weighted by Crippen LogP contribution is -2.13. The third-order valence-electron chi connectivity index (χ3n) is 12.0. The van der Waals surface area contributed by atoms with Crippen LogP contribution in [0.15, 0.2) is 239 Å². The van der Waals surface area contributed by atoms with Gasteiger partial charge in [-0.3, -0.25) is 0 Å². The minimum absolute atomic E-state index is 0.844. The van der Waals surface area contributed by atoms with Crippen molar-refractivity contribution in [2.75, 3.05) is 9.80 Å². The fraction of sp³-hybridized carbons (Fsp3) is 0. The molecule has 10 aromatic carbocycles. The topological polar surface area (TPSA) is 32.8 Å². The number of anilines is 6. The Bertz CT molecular complexity index is 3580. The molecule has 4 heteroatoms. The fourth-order valence-corrected chi connectivity index (χ4v) is 9.36. The van der Waals surface area contributed by atoms with E-state index in [1.807, 2.05) is 12.1 Å². The first-order valence-corrected chi connectivity index (χ1v) is 21.0. The van der Waals surface area contributed by atoms with Gasteiger partial charge in [0.15, 0.2) is 0 Å². The first-order chi connectivity index (χ1) is 30.8. The molecule has 4 nitrogen and oxygen atoms in total. The molecule has 0 spiro atoms. The van der Waals surface area contributed by atoms with Crippen molar-refractivity contribution in [2.45, 2.75) is 0 Å². The minimum atomic E-state index is 0.844. The van der Waals surface area contributed by atoms with Crippen LogP contribution in [-0.4, -0.2) is 0 Å². The van der Waals surface area contributed by atoms with Crippen LogP contribution in [-0.2, 0) is 0 Å². The summed E-state index contributed by atoms with van der Waals surface area (Å²) in [4.78, 5) is 4.81. The summed E-state index contributed by atoms with van der Waals surface area (Å²) in [6.07, 6.45) is 0. The second-order valence-electron chi connectivity index (χ2n) is 15.6. The van der Waals surface area contributed by atoms with Crippen LogP contribution in [0.1, 0.15) is 0 Å². The molecule has 0 unspecified atom stereocenters. The number of benzene rings is 10. The highest BCUT2D eigenvalue weighted by Crippen LogP contribution is 2.51. The lowest BCUT2D eigenvalue weighted by Gasteiger charge is -2.31. The summed E-state index contributed by atoms with van der Waals surface area (Å²) in [5, 5.41) is 6.54. The van der Waals surface area contributed by atoms with E-state index >= 15 is 0 Å². The maximum absolute atomic E-state index is 6.52. The van der Waals surface area contributed by atoms with Gasteiger partial charge in [-0.1, -0.05) is 152 Å². The van der Waals surface area contributed by atoms with Crippen molar-refractivity contribution in [1.82, 2.24) is 0 Å². The molecule has 12 aromatic rings. The monoisotopic (exact) mass is 794 g/mol. The molecule has 0 aliphatic rings. The fourth-order valence-electron chi connectivity index (χ4n) is 9.36. The molecule has 0 atom stereocenters. The molecule has 0 aliphatic heterocycles. The maximum Gasteiger partial charge on any atom is 0.137 e. The average Bonchev–Trinajstić information content (AvgIpc) is 3.92. The van der Waals surface area contributed by atoms with Crippen LogP contribution < -0.4 is 9.80 Å². The van der Waals surface area contributed by atoms with Gasteiger partial charge in [0, 0.05) is 33.2 Å². The summed E-state index contributed by atoms with van der Waals surface area (Å²) in [6.45, 7) is 0. The van der Waals surface area contributed by atoms with Crippen molar-refractivity contribution >= 4 is 88.8 Å². The Kier molecular flexibility index (Phi) is 8.46. The summed E-state index contributed by atoms with van der Waals surface area (Å²) < 4.78 is 13.0. The Labute approximate surface area is 358 Å². The first-order valence-electron chi connectivity index (χ1n) is 21.0. The quantitative estimate of drug-likeness (QED) is 0.153. The molecule has 2 aromatic heterocycles. The highest BCUT2D eigenvalue weighted by Gasteiger charge is 2.26. The smallest absolute Gasteiger partial charge is 0.137 e. The molecule has 0 saturated heterocycles. The van der Waals surface area contributed by atoms with Gasteiger partial charge < -0.3 is 18.6 Å². The van der Waals surface area contributed by atoms with Crippen molar-refractivity contribution in [3.8, 4) is 22.3 Å². The number of fused-ring (bicyclic) bond motifs is 7. The molecule has 0 saturated carbocycles. The zero-order valence-electron chi connectivity index (χ0n) is 33.7. The zero-order chi connectivity index (χ0) is 41.0. The van der Waals surface area contributed by atoms with Crippen LogP contribution in [0.4, 0.5) is 34.1 Å². The number of hydrogen-bond donors (Lipinski definition) is 0. The predicted octanol–water partition coefficient (Wildman–Crippen LogP) is 16.9. The molecule has 12 rings (SSSR count). The third kappa shape index (κ3) is 5.84. The largest absolute Gasteiger partial charge is 0.456 e. The standard InChI is InChI=1S/C58H38N2O2/c1-5-19-39(20-6-1)44-35-36-49(60(42-25-11-4-12-26-42)51-30-18-34-55-58(51)46-28-14-16-32-53(46)62-55)48-38-43(37-47(56(44)48)40-21-7-2-8-22-40)59(41-23-9-3-10-24-41)50-29-17-33-54-57(50)45-27-13-15-31-52(45)61-54/h1-38H. The van der Waals surface area contributed by atoms with Crippen LogP contribution in [0.5, 0.6) is 0 Å². The summed E-state index contributed by atoms with van der Waals surface area (Å²) >= 11 is 0. The van der Waals surface area contributed by atoms with Gasteiger partial charge in [0.25, 0.3) is 0 Å². The van der Waals surface area contributed by atoms with Gasteiger partial charge in [0.05, 0.1) is 27.8 Å². The number of nitrogens with zero attached hydrogens (tertiary/aromatic N) is 2. The number of para-hydroxylation sites is 4. The molecule has 0 fully saturated rings. The Morgan fingerprint density at radius 2 is 0.710 bits per heavy atom. The van der Waals surface area contributed by atoms with E-state index in [0.29, 0.717) is 0 Å². The van der Waals surface area contributed by atoms with Gasteiger partial charge in [0.2, 0.25) is 0 Å². The molecule has 0 bridgehead atoms. The minimum Gasteiger partial charge on any atom is -0.456 e. The van der Waals surface area contributed by atoms with E-state index in [0.717, 1.165) is 111 Å². The van der Waals surface area contributed by atoms with Gasteiger partial charge in [-0.15, -0.1) is 0 Å². The van der Waals surface area contributed by atoms with Crippen LogP contribution >= 0.6 is 0 Å². The summed E-state index contributed by atoms with van der Waals surface area (Å²) in [5.74, 6) is 0. The maximum atomic E-state index is 6.52. The Morgan fingerprint density at radius 3 is 1.27 bits per heavy atom. The SMILES string of the molecule is c1ccc(-c2ccc(N(c3ccccc3)c3cccc4oc5ccccc5c34)c3cc(N(c4ccccc4)c4cccc5oc6ccccc6c45)cc(-c4ccccc4)c23)cc1. The Balaban J connectivity index is 1.24. The molecule has 2 heterocycles. The van der Waals surface area contributed by atoms with Crippen LogP contribution in [0.2, 0.25) is 0 Å². The second-order valence-corrected chi connectivity index (χ2v) is 15.6. The highest BCUT2D eigenvalue weighted by atomic mass is 16.3. The van der Waals surface area contributed by atoms with Crippen molar-refractivity contribution in [3.63, 3.8) is 0 Å². The van der Waals surface area contributed by atoms with Gasteiger partial charge >= 0.3 is 0 Å². The third-order valence-corrected chi connectivity index (χ3v) is 12.0. The predicted molar refractivity (Wildman–Crippen MR) is 259 cm³/mol. The molecule has 0 amide bonds. The zero-order valence-corrected chi connectivity index (χ0v) is 33.7. The second kappa shape index (κ2) is 14.7. The summed E-state index contributed by atoms with van der Waals surface area (Å²) in [6, 6.07) is 81.8.